The van der Waals surface area contributed by atoms with Gasteiger partial charge in [-0.05, 0) is 41.5 Å². The van der Waals surface area contributed by atoms with Gasteiger partial charge in [-0.2, -0.15) is 13.2 Å². The molecule has 0 saturated carbocycles. The van der Waals surface area contributed by atoms with Gasteiger partial charge in [0.15, 0.2) is 0 Å². The van der Waals surface area contributed by atoms with Crippen LogP contribution in [-0.2, 0) is 19.3 Å². The predicted molar refractivity (Wildman–Crippen MR) is 71.4 cm³/mol. The van der Waals surface area contributed by atoms with E-state index < -0.39 is 17.6 Å². The highest BCUT2D eigenvalue weighted by molar-refractivity contribution is 5.98. The fraction of sp³-hybridized carbons (Fsp3) is 0.188. The fourth-order valence-electron chi connectivity index (χ4n) is 2.50. The Morgan fingerprint density at radius 2 is 1.73 bits per heavy atom. The van der Waals surface area contributed by atoms with Crippen LogP contribution in [0.5, 0.6) is 0 Å². The maximum atomic E-state index is 13.2. The SMILES string of the molecule is O=C1c2ccc(F)cc2CN1Cc1ccc(C(F)(F)F)cc1. The molecule has 6 heteroatoms. The molecule has 0 saturated heterocycles. The van der Waals surface area contributed by atoms with E-state index in [0.29, 0.717) is 16.7 Å². The summed E-state index contributed by atoms with van der Waals surface area (Å²) >= 11 is 0. The molecule has 114 valence electrons. The third-order valence-corrected chi connectivity index (χ3v) is 3.60. The summed E-state index contributed by atoms with van der Waals surface area (Å²) in [6.07, 6.45) is -4.38. The van der Waals surface area contributed by atoms with Gasteiger partial charge in [-0.3, -0.25) is 4.79 Å². The minimum Gasteiger partial charge on any atom is -0.330 e. The van der Waals surface area contributed by atoms with E-state index in [-0.39, 0.29) is 19.0 Å². The number of hydrogen-bond donors (Lipinski definition) is 0. The Kier molecular flexibility index (Phi) is 3.39. The molecule has 2 aromatic rings. The molecule has 1 amide bonds. The number of benzene rings is 2. The zero-order chi connectivity index (χ0) is 15.9. The van der Waals surface area contributed by atoms with Crippen LogP contribution < -0.4 is 0 Å². The summed E-state index contributed by atoms with van der Waals surface area (Å²) in [6, 6.07) is 8.63. The lowest BCUT2D eigenvalue weighted by Gasteiger charge is -2.16. The second-order valence-electron chi connectivity index (χ2n) is 5.16. The smallest absolute Gasteiger partial charge is 0.330 e. The van der Waals surface area contributed by atoms with Crippen molar-refractivity contribution in [3.8, 4) is 0 Å². The Bertz CT molecular complexity index is 722. The van der Waals surface area contributed by atoms with E-state index in [2.05, 4.69) is 0 Å². The van der Waals surface area contributed by atoms with Gasteiger partial charge in [0.1, 0.15) is 5.82 Å². The molecule has 0 bridgehead atoms. The lowest BCUT2D eigenvalue weighted by molar-refractivity contribution is -0.137. The van der Waals surface area contributed by atoms with Gasteiger partial charge in [-0.15, -0.1) is 0 Å². The van der Waals surface area contributed by atoms with Crippen LogP contribution in [0.2, 0.25) is 0 Å². The average molecular weight is 309 g/mol. The maximum Gasteiger partial charge on any atom is 0.416 e. The van der Waals surface area contributed by atoms with E-state index in [1.165, 1.54) is 35.2 Å². The first-order chi connectivity index (χ1) is 10.3. The zero-order valence-electron chi connectivity index (χ0n) is 11.3. The molecule has 1 aliphatic rings. The van der Waals surface area contributed by atoms with Crippen molar-refractivity contribution in [1.29, 1.82) is 0 Å². The van der Waals surface area contributed by atoms with Gasteiger partial charge in [-0.25, -0.2) is 4.39 Å². The van der Waals surface area contributed by atoms with E-state index in [1.807, 2.05) is 0 Å². The molecule has 0 spiro atoms. The monoisotopic (exact) mass is 309 g/mol. The molecule has 3 rings (SSSR count). The third-order valence-electron chi connectivity index (χ3n) is 3.60. The predicted octanol–water partition coefficient (Wildman–Crippen LogP) is 4.00. The molecule has 1 aliphatic heterocycles. The van der Waals surface area contributed by atoms with E-state index in [1.54, 1.807) is 0 Å². The first kappa shape index (κ1) is 14.6. The summed E-state index contributed by atoms with van der Waals surface area (Å²) in [7, 11) is 0. The molecule has 1 heterocycles. The van der Waals surface area contributed by atoms with Crippen molar-refractivity contribution < 1.29 is 22.4 Å². The van der Waals surface area contributed by atoms with E-state index in [4.69, 9.17) is 0 Å². The highest BCUT2D eigenvalue weighted by atomic mass is 19.4. The van der Waals surface area contributed by atoms with Crippen LogP contribution in [0.25, 0.3) is 0 Å². The molecule has 0 radical (unpaired) electrons. The second-order valence-corrected chi connectivity index (χ2v) is 5.16. The van der Waals surface area contributed by atoms with Crippen LogP contribution in [0.1, 0.15) is 27.0 Å². The van der Waals surface area contributed by atoms with E-state index in [9.17, 15) is 22.4 Å². The minimum absolute atomic E-state index is 0.188. The van der Waals surface area contributed by atoms with Crippen molar-refractivity contribution in [2.24, 2.45) is 0 Å². The molecule has 0 N–H and O–H groups in total. The van der Waals surface area contributed by atoms with Crippen LogP contribution in [-0.4, -0.2) is 10.8 Å². The van der Waals surface area contributed by atoms with Crippen molar-refractivity contribution in [3.05, 3.63) is 70.5 Å². The highest BCUT2D eigenvalue weighted by Gasteiger charge is 2.31. The van der Waals surface area contributed by atoms with Crippen molar-refractivity contribution in [2.45, 2.75) is 19.3 Å². The first-order valence-electron chi connectivity index (χ1n) is 6.58. The molecule has 0 unspecified atom stereocenters. The lowest BCUT2D eigenvalue weighted by atomic mass is 10.1. The first-order valence-corrected chi connectivity index (χ1v) is 6.58. The molecular weight excluding hydrogens is 298 g/mol. The summed E-state index contributed by atoms with van der Waals surface area (Å²) in [5.74, 6) is -0.655. The fourth-order valence-corrected chi connectivity index (χ4v) is 2.50. The number of nitrogens with zero attached hydrogens (tertiary/aromatic N) is 1. The summed E-state index contributed by atoms with van der Waals surface area (Å²) in [4.78, 5) is 13.6. The number of hydrogen-bond acceptors (Lipinski definition) is 1. The molecule has 2 nitrogen and oxygen atoms in total. The van der Waals surface area contributed by atoms with Crippen LogP contribution in [0.15, 0.2) is 42.5 Å². The summed E-state index contributed by atoms with van der Waals surface area (Å²) in [5, 5.41) is 0. The Morgan fingerprint density at radius 3 is 2.36 bits per heavy atom. The second kappa shape index (κ2) is 5.12. The Labute approximate surface area is 124 Å². The summed E-state index contributed by atoms with van der Waals surface area (Å²) < 4.78 is 50.7. The van der Waals surface area contributed by atoms with Gasteiger partial charge in [-0.1, -0.05) is 12.1 Å². The summed E-state index contributed by atoms with van der Waals surface area (Å²) in [5.41, 5.74) is 0.897. The maximum absolute atomic E-state index is 13.2. The van der Waals surface area contributed by atoms with E-state index in [0.717, 1.165) is 12.1 Å². The van der Waals surface area contributed by atoms with Crippen molar-refractivity contribution in [3.63, 3.8) is 0 Å². The van der Waals surface area contributed by atoms with Crippen molar-refractivity contribution >= 4 is 5.91 Å². The lowest BCUT2D eigenvalue weighted by Crippen LogP contribution is -2.23. The number of fused-ring (bicyclic) bond motifs is 1. The standard InChI is InChI=1S/C16H11F4NO/c17-13-5-6-14-11(7-13)9-21(15(14)22)8-10-1-3-12(4-2-10)16(18,19)20/h1-7H,8-9H2. The number of carbonyl (C=O) groups is 1. The van der Waals surface area contributed by atoms with Crippen molar-refractivity contribution in [1.82, 2.24) is 4.90 Å². The Balaban J connectivity index is 1.76. The third kappa shape index (κ3) is 2.68. The Morgan fingerprint density at radius 1 is 1.05 bits per heavy atom. The van der Waals surface area contributed by atoms with Gasteiger partial charge in [0.05, 0.1) is 5.56 Å². The molecule has 0 aromatic heterocycles. The van der Waals surface area contributed by atoms with E-state index >= 15 is 0 Å². The largest absolute Gasteiger partial charge is 0.416 e. The van der Waals surface area contributed by atoms with Crippen LogP contribution in [0.4, 0.5) is 17.6 Å². The number of amides is 1. The van der Waals surface area contributed by atoms with Gasteiger partial charge in [0.25, 0.3) is 5.91 Å². The highest BCUT2D eigenvalue weighted by Crippen LogP contribution is 2.30. The molecule has 0 atom stereocenters. The zero-order valence-corrected chi connectivity index (χ0v) is 11.3. The van der Waals surface area contributed by atoms with Crippen LogP contribution in [0, 0.1) is 5.82 Å². The van der Waals surface area contributed by atoms with Crippen LogP contribution in [0.3, 0.4) is 0 Å². The Hall–Kier alpha value is -2.37. The molecule has 22 heavy (non-hydrogen) atoms. The molecule has 2 aromatic carbocycles. The van der Waals surface area contributed by atoms with Gasteiger partial charge >= 0.3 is 6.18 Å². The number of halogens is 4. The number of alkyl halides is 3. The number of rotatable bonds is 2. The molecule has 0 aliphatic carbocycles. The summed E-state index contributed by atoms with van der Waals surface area (Å²) in [6.45, 7) is 0.445. The van der Waals surface area contributed by atoms with Gasteiger partial charge in [0, 0.05) is 18.7 Å². The number of carbonyl (C=O) groups excluding carboxylic acids is 1. The van der Waals surface area contributed by atoms with Crippen molar-refractivity contribution in [2.75, 3.05) is 0 Å². The minimum atomic E-state index is -4.38. The van der Waals surface area contributed by atoms with Crippen LogP contribution >= 0.6 is 0 Å². The molecular formula is C16H11F4NO. The quantitative estimate of drug-likeness (QED) is 0.768. The normalized spacial score (nSPS) is 14.4. The molecule has 0 fully saturated rings. The average Bonchev–Trinajstić information content (AvgIpc) is 2.74. The van der Waals surface area contributed by atoms with Gasteiger partial charge in [0.2, 0.25) is 0 Å². The van der Waals surface area contributed by atoms with Gasteiger partial charge < -0.3 is 4.90 Å². The topological polar surface area (TPSA) is 20.3 Å².